The normalized spacial score (nSPS) is 16.9. The summed E-state index contributed by atoms with van der Waals surface area (Å²) in [5.74, 6) is -1.80. The summed E-state index contributed by atoms with van der Waals surface area (Å²) in [5, 5.41) is 11.2. The molecule has 8 nitrogen and oxygen atoms in total. The van der Waals surface area contributed by atoms with Crippen molar-refractivity contribution < 1.29 is 29.0 Å². The summed E-state index contributed by atoms with van der Waals surface area (Å²) in [6.45, 7) is 2.41. The maximum absolute atomic E-state index is 13.2. The Morgan fingerprint density at radius 2 is 1.74 bits per heavy atom. The second-order valence-corrected chi connectivity index (χ2v) is 7.86. The van der Waals surface area contributed by atoms with Gasteiger partial charge in [0.25, 0.3) is 11.7 Å². The van der Waals surface area contributed by atoms with E-state index >= 15 is 0 Å². The van der Waals surface area contributed by atoms with E-state index in [1.165, 1.54) is 12.0 Å². The van der Waals surface area contributed by atoms with Gasteiger partial charge in [-0.15, -0.1) is 0 Å². The molecule has 1 amide bonds. The van der Waals surface area contributed by atoms with Crippen molar-refractivity contribution >= 4 is 23.4 Å². The standard InChI is InChI=1S/C27H24N2O6/c1-3-35-21-6-4-5-20(15-21)24(30)22-23(18-7-9-19(10-8-18)27(33)34-2)29(26(32)25(22)31)16-17-11-13-28-14-12-17/h4-15,23,30H,3,16H2,1-2H3. The van der Waals surface area contributed by atoms with Gasteiger partial charge in [-0.05, 0) is 54.4 Å². The molecular formula is C27H24N2O6. The molecule has 0 spiro atoms. The lowest BCUT2D eigenvalue weighted by Gasteiger charge is -2.25. The van der Waals surface area contributed by atoms with Crippen LogP contribution in [0.4, 0.5) is 0 Å². The third-order valence-electron chi connectivity index (χ3n) is 5.71. The Morgan fingerprint density at radius 3 is 2.40 bits per heavy atom. The van der Waals surface area contributed by atoms with E-state index in [-0.39, 0.29) is 17.9 Å². The molecule has 4 rings (SSSR count). The van der Waals surface area contributed by atoms with E-state index in [2.05, 4.69) is 4.98 Å². The quantitative estimate of drug-likeness (QED) is 0.241. The van der Waals surface area contributed by atoms with Gasteiger partial charge < -0.3 is 19.5 Å². The fraction of sp³-hybridized carbons (Fsp3) is 0.185. The van der Waals surface area contributed by atoms with Crippen molar-refractivity contribution in [2.45, 2.75) is 19.5 Å². The molecule has 2 aromatic carbocycles. The van der Waals surface area contributed by atoms with E-state index in [0.717, 1.165) is 5.56 Å². The van der Waals surface area contributed by atoms with Gasteiger partial charge in [0.05, 0.1) is 30.9 Å². The number of carbonyl (C=O) groups excluding carboxylic acids is 3. The summed E-state index contributed by atoms with van der Waals surface area (Å²) in [6.07, 6.45) is 3.20. The number of aliphatic hydroxyl groups excluding tert-OH is 1. The zero-order chi connectivity index (χ0) is 24.9. The first-order valence-electron chi connectivity index (χ1n) is 11.0. The molecule has 3 aromatic rings. The van der Waals surface area contributed by atoms with E-state index in [4.69, 9.17) is 9.47 Å². The lowest BCUT2D eigenvalue weighted by atomic mass is 9.94. The lowest BCUT2D eigenvalue weighted by Crippen LogP contribution is -2.29. The minimum Gasteiger partial charge on any atom is -0.507 e. The average molecular weight is 472 g/mol. The maximum Gasteiger partial charge on any atom is 0.337 e. The first kappa shape index (κ1) is 23.7. The lowest BCUT2D eigenvalue weighted by molar-refractivity contribution is -0.140. The van der Waals surface area contributed by atoms with Crippen molar-refractivity contribution in [2.75, 3.05) is 13.7 Å². The number of rotatable bonds is 7. The van der Waals surface area contributed by atoms with Crippen molar-refractivity contribution in [1.29, 1.82) is 0 Å². The molecule has 1 atom stereocenters. The Labute approximate surface area is 202 Å². The summed E-state index contributed by atoms with van der Waals surface area (Å²) in [4.78, 5) is 43.6. The van der Waals surface area contributed by atoms with E-state index in [1.807, 2.05) is 6.92 Å². The molecule has 178 valence electrons. The summed E-state index contributed by atoms with van der Waals surface area (Å²) >= 11 is 0. The highest BCUT2D eigenvalue weighted by molar-refractivity contribution is 6.46. The number of hydrogen-bond acceptors (Lipinski definition) is 7. The van der Waals surface area contributed by atoms with E-state index in [0.29, 0.717) is 29.0 Å². The van der Waals surface area contributed by atoms with Crippen LogP contribution in [0.2, 0.25) is 0 Å². The van der Waals surface area contributed by atoms with Crippen molar-refractivity contribution in [3.05, 3.63) is 101 Å². The van der Waals surface area contributed by atoms with Gasteiger partial charge in [-0.25, -0.2) is 4.79 Å². The van der Waals surface area contributed by atoms with E-state index in [1.54, 1.807) is 73.1 Å². The fourth-order valence-electron chi connectivity index (χ4n) is 4.05. The molecule has 8 heteroatoms. The molecule has 1 aliphatic rings. The summed E-state index contributed by atoms with van der Waals surface area (Å²) in [5.41, 5.74) is 1.98. The van der Waals surface area contributed by atoms with Gasteiger partial charge in [0, 0.05) is 24.5 Å². The number of likely N-dealkylation sites (tertiary alicyclic amines) is 1. The molecule has 0 saturated carbocycles. The molecule has 1 unspecified atom stereocenters. The Bertz CT molecular complexity index is 1280. The number of benzene rings is 2. The fourth-order valence-corrected chi connectivity index (χ4v) is 4.05. The molecule has 0 radical (unpaired) electrons. The van der Waals surface area contributed by atoms with Crippen LogP contribution in [0.25, 0.3) is 5.76 Å². The number of pyridine rings is 1. The highest BCUT2D eigenvalue weighted by Crippen LogP contribution is 2.40. The van der Waals surface area contributed by atoms with Crippen LogP contribution >= 0.6 is 0 Å². The second-order valence-electron chi connectivity index (χ2n) is 7.86. The van der Waals surface area contributed by atoms with Crippen LogP contribution in [0.3, 0.4) is 0 Å². The minimum atomic E-state index is -0.870. The molecule has 0 bridgehead atoms. The highest BCUT2D eigenvalue weighted by atomic mass is 16.5. The Balaban J connectivity index is 1.84. The average Bonchev–Trinajstić information content (AvgIpc) is 3.13. The van der Waals surface area contributed by atoms with Gasteiger partial charge >= 0.3 is 5.97 Å². The first-order valence-corrected chi connectivity index (χ1v) is 11.0. The van der Waals surface area contributed by atoms with Crippen LogP contribution < -0.4 is 4.74 Å². The maximum atomic E-state index is 13.2. The van der Waals surface area contributed by atoms with Crippen molar-refractivity contribution in [2.24, 2.45) is 0 Å². The predicted octanol–water partition coefficient (Wildman–Crippen LogP) is 3.89. The molecule has 1 N–H and O–H groups in total. The number of amides is 1. The van der Waals surface area contributed by atoms with Gasteiger partial charge in [0.2, 0.25) is 0 Å². The Morgan fingerprint density at radius 1 is 1.03 bits per heavy atom. The van der Waals surface area contributed by atoms with Crippen LogP contribution in [0.1, 0.15) is 40.0 Å². The van der Waals surface area contributed by atoms with Crippen LogP contribution in [0.5, 0.6) is 5.75 Å². The SMILES string of the molecule is CCOc1cccc(C(O)=C2C(=O)C(=O)N(Cc3ccncc3)C2c2ccc(C(=O)OC)cc2)c1. The molecule has 2 heterocycles. The van der Waals surface area contributed by atoms with E-state index < -0.39 is 23.7 Å². The number of ketones is 1. The number of aromatic nitrogens is 1. The Hall–Kier alpha value is -4.46. The highest BCUT2D eigenvalue weighted by Gasteiger charge is 2.46. The number of Topliss-reactive ketones (excluding diaryl/α,β-unsaturated/α-hetero) is 1. The number of aliphatic hydroxyl groups is 1. The van der Waals surface area contributed by atoms with Crippen LogP contribution in [-0.2, 0) is 20.9 Å². The number of carbonyl (C=O) groups is 3. The van der Waals surface area contributed by atoms with Crippen LogP contribution in [-0.4, -0.2) is 46.4 Å². The molecule has 35 heavy (non-hydrogen) atoms. The molecular weight excluding hydrogens is 448 g/mol. The molecule has 1 aromatic heterocycles. The third kappa shape index (κ3) is 4.77. The van der Waals surface area contributed by atoms with Crippen LogP contribution in [0, 0.1) is 0 Å². The summed E-state index contributed by atoms with van der Waals surface area (Å²) in [6, 6.07) is 15.7. The van der Waals surface area contributed by atoms with Crippen LogP contribution in [0.15, 0.2) is 78.6 Å². The number of nitrogens with zero attached hydrogens (tertiary/aromatic N) is 2. The number of ether oxygens (including phenoxy) is 2. The molecule has 1 saturated heterocycles. The van der Waals surface area contributed by atoms with Crippen molar-refractivity contribution in [1.82, 2.24) is 9.88 Å². The van der Waals surface area contributed by atoms with E-state index in [9.17, 15) is 19.5 Å². The van der Waals surface area contributed by atoms with Gasteiger partial charge in [0.1, 0.15) is 11.5 Å². The second kappa shape index (κ2) is 10.2. The smallest absolute Gasteiger partial charge is 0.337 e. The van der Waals surface area contributed by atoms with Crippen molar-refractivity contribution in [3.8, 4) is 5.75 Å². The predicted molar refractivity (Wildman–Crippen MR) is 127 cm³/mol. The topological polar surface area (TPSA) is 106 Å². The van der Waals surface area contributed by atoms with Gasteiger partial charge in [-0.3, -0.25) is 14.6 Å². The minimum absolute atomic E-state index is 0.0384. The number of methoxy groups -OCH3 is 1. The van der Waals surface area contributed by atoms with Gasteiger partial charge in [0.15, 0.2) is 0 Å². The zero-order valence-electron chi connectivity index (χ0n) is 19.3. The van der Waals surface area contributed by atoms with Gasteiger partial charge in [-0.1, -0.05) is 24.3 Å². The summed E-state index contributed by atoms with van der Waals surface area (Å²) in [7, 11) is 1.29. The molecule has 1 aliphatic heterocycles. The monoisotopic (exact) mass is 472 g/mol. The summed E-state index contributed by atoms with van der Waals surface area (Å²) < 4.78 is 10.3. The first-order chi connectivity index (χ1) is 16.9. The van der Waals surface area contributed by atoms with Gasteiger partial charge in [-0.2, -0.15) is 0 Å². The van der Waals surface area contributed by atoms with Crippen molar-refractivity contribution in [3.63, 3.8) is 0 Å². The Kier molecular flexibility index (Phi) is 6.91. The number of hydrogen-bond donors (Lipinski definition) is 1. The third-order valence-corrected chi connectivity index (χ3v) is 5.71. The zero-order valence-corrected chi connectivity index (χ0v) is 19.3. The molecule has 1 fully saturated rings. The molecule has 0 aliphatic carbocycles. The largest absolute Gasteiger partial charge is 0.507 e. The number of esters is 1.